The summed E-state index contributed by atoms with van der Waals surface area (Å²) in [6.07, 6.45) is 2.00. The fraction of sp³-hybridized carbons (Fsp3) is 0.500. The van der Waals surface area contributed by atoms with E-state index in [1.54, 1.807) is 24.3 Å². The summed E-state index contributed by atoms with van der Waals surface area (Å²) in [7, 11) is 0. The van der Waals surface area contributed by atoms with Gasteiger partial charge in [0.15, 0.2) is 0 Å². The van der Waals surface area contributed by atoms with E-state index in [9.17, 15) is 14.4 Å². The van der Waals surface area contributed by atoms with E-state index in [-0.39, 0.29) is 29.1 Å². The molecule has 2 fully saturated rings. The number of benzene rings is 1. The van der Waals surface area contributed by atoms with E-state index in [2.05, 4.69) is 4.98 Å². The minimum atomic E-state index is -0.377. The first-order valence-electron chi connectivity index (χ1n) is 8.75. The van der Waals surface area contributed by atoms with Gasteiger partial charge in [-0.25, -0.2) is 4.79 Å². The van der Waals surface area contributed by atoms with Crippen LogP contribution in [0.4, 0.5) is 0 Å². The Kier molecular flexibility index (Phi) is 4.17. The van der Waals surface area contributed by atoms with E-state index in [0.717, 1.165) is 6.42 Å². The van der Waals surface area contributed by atoms with Gasteiger partial charge in [0.25, 0.3) is 5.56 Å². The zero-order valence-electron chi connectivity index (χ0n) is 13.9. The Morgan fingerprint density at radius 2 is 1.88 bits per heavy atom. The highest BCUT2D eigenvalue weighted by atomic mass is 16.5. The van der Waals surface area contributed by atoms with Crippen molar-refractivity contribution >= 4 is 16.8 Å². The van der Waals surface area contributed by atoms with Crippen LogP contribution >= 0.6 is 0 Å². The molecule has 132 valence electrons. The molecule has 0 spiro atoms. The van der Waals surface area contributed by atoms with Crippen LogP contribution in [0.3, 0.4) is 0 Å². The lowest BCUT2D eigenvalue weighted by atomic mass is 10.0. The van der Waals surface area contributed by atoms with E-state index in [0.29, 0.717) is 50.0 Å². The van der Waals surface area contributed by atoms with Gasteiger partial charge in [-0.3, -0.25) is 14.2 Å². The lowest BCUT2D eigenvalue weighted by molar-refractivity contribution is -0.136. The Bertz CT molecular complexity index is 902. The molecule has 7 nitrogen and oxygen atoms in total. The van der Waals surface area contributed by atoms with Gasteiger partial charge in [-0.2, -0.15) is 0 Å². The van der Waals surface area contributed by atoms with Crippen LogP contribution in [0.15, 0.2) is 33.9 Å². The predicted molar refractivity (Wildman–Crippen MR) is 92.6 cm³/mol. The Balaban J connectivity index is 1.55. The number of hydrogen-bond donors (Lipinski definition) is 1. The number of piperidine rings is 1. The van der Waals surface area contributed by atoms with Crippen LogP contribution in [0.25, 0.3) is 10.9 Å². The van der Waals surface area contributed by atoms with E-state index in [1.807, 2.05) is 4.90 Å². The molecule has 1 amide bonds. The first-order valence-corrected chi connectivity index (χ1v) is 8.75. The molecule has 3 heterocycles. The molecule has 1 aromatic carbocycles. The largest absolute Gasteiger partial charge is 0.381 e. The van der Waals surface area contributed by atoms with E-state index >= 15 is 0 Å². The first-order chi connectivity index (χ1) is 12.1. The van der Waals surface area contributed by atoms with Crippen LogP contribution in [0.5, 0.6) is 0 Å². The number of aromatic amines is 1. The predicted octanol–water partition coefficient (Wildman–Crippen LogP) is 0.890. The average molecular weight is 343 g/mol. The zero-order valence-corrected chi connectivity index (χ0v) is 13.9. The number of amides is 1. The van der Waals surface area contributed by atoms with Gasteiger partial charge in [0, 0.05) is 25.7 Å². The Labute approximate surface area is 144 Å². The van der Waals surface area contributed by atoms with Gasteiger partial charge in [0.2, 0.25) is 5.91 Å². The standard InChI is InChI=1S/C18H21N3O4/c22-16(12-7-10-25-11-12)20-8-5-13(6-9-20)21-17(23)14-3-1-2-4-15(14)19-18(21)24/h1-4,12-13H,5-11H2,(H,19,24)/t12-/m1/s1. The number of hydrogen-bond acceptors (Lipinski definition) is 4. The Hall–Kier alpha value is -2.41. The fourth-order valence-corrected chi connectivity index (χ4v) is 3.84. The van der Waals surface area contributed by atoms with Crippen molar-refractivity contribution in [3.05, 3.63) is 45.1 Å². The Morgan fingerprint density at radius 1 is 1.12 bits per heavy atom. The number of fused-ring (bicyclic) bond motifs is 1. The number of nitrogens with zero attached hydrogens (tertiary/aromatic N) is 2. The molecular formula is C18H21N3O4. The van der Waals surface area contributed by atoms with E-state index in [1.165, 1.54) is 4.57 Å². The topological polar surface area (TPSA) is 84.4 Å². The second-order valence-corrected chi connectivity index (χ2v) is 6.77. The molecule has 2 aliphatic heterocycles. The average Bonchev–Trinajstić information content (AvgIpc) is 3.16. The maximum atomic E-state index is 12.7. The highest BCUT2D eigenvalue weighted by molar-refractivity contribution is 5.79. The van der Waals surface area contributed by atoms with Crippen LogP contribution in [0.2, 0.25) is 0 Å². The van der Waals surface area contributed by atoms with Gasteiger partial charge in [0.1, 0.15) is 0 Å². The van der Waals surface area contributed by atoms with Crippen molar-refractivity contribution in [2.45, 2.75) is 25.3 Å². The van der Waals surface area contributed by atoms with Crippen LogP contribution in [-0.2, 0) is 9.53 Å². The van der Waals surface area contributed by atoms with Gasteiger partial charge in [-0.1, -0.05) is 12.1 Å². The molecule has 25 heavy (non-hydrogen) atoms. The summed E-state index contributed by atoms with van der Waals surface area (Å²) in [5.41, 5.74) is -0.0754. The number of carbonyl (C=O) groups is 1. The number of nitrogens with one attached hydrogen (secondary N) is 1. The minimum absolute atomic E-state index is 0.0386. The lowest BCUT2D eigenvalue weighted by Gasteiger charge is -2.33. The third-order valence-corrected chi connectivity index (χ3v) is 5.26. The number of aromatic nitrogens is 2. The van der Waals surface area contributed by atoms with Crippen molar-refractivity contribution in [2.24, 2.45) is 5.92 Å². The van der Waals surface area contributed by atoms with Crippen molar-refractivity contribution in [2.75, 3.05) is 26.3 Å². The lowest BCUT2D eigenvalue weighted by Crippen LogP contribution is -2.46. The summed E-state index contributed by atoms with van der Waals surface area (Å²) >= 11 is 0. The molecular weight excluding hydrogens is 322 g/mol. The summed E-state index contributed by atoms with van der Waals surface area (Å²) in [5, 5.41) is 0.517. The summed E-state index contributed by atoms with van der Waals surface area (Å²) in [4.78, 5) is 42.2. The van der Waals surface area contributed by atoms with E-state index in [4.69, 9.17) is 4.74 Å². The van der Waals surface area contributed by atoms with Crippen LogP contribution in [0, 0.1) is 5.92 Å². The van der Waals surface area contributed by atoms with Crippen LogP contribution in [0.1, 0.15) is 25.3 Å². The summed E-state index contributed by atoms with van der Waals surface area (Å²) in [6.45, 7) is 2.29. The highest BCUT2D eigenvalue weighted by Gasteiger charge is 2.31. The molecule has 2 aliphatic rings. The molecule has 0 bridgehead atoms. The number of para-hydroxylation sites is 1. The molecule has 0 radical (unpaired) electrons. The third kappa shape index (κ3) is 2.89. The molecule has 1 atom stereocenters. The van der Waals surface area contributed by atoms with Crippen LogP contribution in [-0.4, -0.2) is 46.7 Å². The maximum Gasteiger partial charge on any atom is 0.329 e. The Morgan fingerprint density at radius 3 is 2.60 bits per heavy atom. The molecule has 0 aliphatic carbocycles. The maximum absolute atomic E-state index is 12.7. The second kappa shape index (κ2) is 6.48. The SMILES string of the molecule is O=C([C@@H]1CCOC1)N1CCC(n2c(=O)[nH]c3ccccc3c2=O)CC1. The quantitative estimate of drug-likeness (QED) is 0.878. The molecule has 1 aromatic heterocycles. The van der Waals surface area contributed by atoms with Crippen molar-refractivity contribution in [1.29, 1.82) is 0 Å². The fourth-order valence-electron chi connectivity index (χ4n) is 3.84. The highest BCUT2D eigenvalue weighted by Crippen LogP contribution is 2.23. The van der Waals surface area contributed by atoms with Crippen molar-refractivity contribution in [3.63, 3.8) is 0 Å². The summed E-state index contributed by atoms with van der Waals surface area (Å²) in [5.74, 6) is 0.0964. The van der Waals surface area contributed by atoms with Crippen molar-refractivity contribution in [1.82, 2.24) is 14.5 Å². The van der Waals surface area contributed by atoms with Gasteiger partial charge in [-0.05, 0) is 31.4 Å². The van der Waals surface area contributed by atoms with Gasteiger partial charge in [0.05, 0.1) is 23.4 Å². The number of H-pyrrole nitrogens is 1. The van der Waals surface area contributed by atoms with E-state index < -0.39 is 0 Å². The number of likely N-dealkylation sites (tertiary alicyclic amines) is 1. The molecule has 1 N–H and O–H groups in total. The third-order valence-electron chi connectivity index (χ3n) is 5.26. The summed E-state index contributed by atoms with van der Waals surface area (Å²) in [6, 6.07) is 6.86. The molecule has 4 rings (SSSR count). The monoisotopic (exact) mass is 343 g/mol. The zero-order chi connectivity index (χ0) is 17.4. The smallest absolute Gasteiger partial charge is 0.329 e. The van der Waals surface area contributed by atoms with Gasteiger partial charge in [-0.15, -0.1) is 0 Å². The first kappa shape index (κ1) is 16.1. The van der Waals surface area contributed by atoms with Crippen molar-refractivity contribution in [3.8, 4) is 0 Å². The molecule has 2 saturated heterocycles. The molecule has 0 saturated carbocycles. The minimum Gasteiger partial charge on any atom is -0.381 e. The van der Waals surface area contributed by atoms with Gasteiger partial charge >= 0.3 is 5.69 Å². The normalized spacial score (nSPS) is 21.8. The summed E-state index contributed by atoms with van der Waals surface area (Å²) < 4.78 is 6.62. The van der Waals surface area contributed by atoms with Crippen molar-refractivity contribution < 1.29 is 9.53 Å². The number of rotatable bonds is 2. The molecule has 2 aromatic rings. The van der Waals surface area contributed by atoms with Gasteiger partial charge < -0.3 is 14.6 Å². The second-order valence-electron chi connectivity index (χ2n) is 6.77. The molecule has 7 heteroatoms. The molecule has 0 unspecified atom stereocenters. The number of ether oxygens (including phenoxy) is 1. The van der Waals surface area contributed by atoms with Crippen LogP contribution < -0.4 is 11.2 Å². The number of carbonyl (C=O) groups excluding carboxylic acids is 1.